The average molecular weight is 512 g/mol. The number of rotatable bonds is 11. The van der Waals surface area contributed by atoms with Crippen molar-refractivity contribution in [1.82, 2.24) is 9.97 Å². The predicted molar refractivity (Wildman–Crippen MR) is 142 cm³/mol. The fraction of sp³-hybridized carbons (Fsp3) is 0.407. The second kappa shape index (κ2) is 11.5. The van der Waals surface area contributed by atoms with Crippen LogP contribution in [0.2, 0.25) is 0 Å². The molecular formula is C27H33N3O3S2. The third-order valence-corrected chi connectivity index (χ3v) is 8.11. The van der Waals surface area contributed by atoms with Crippen molar-refractivity contribution in [2.75, 3.05) is 10.7 Å². The number of fused-ring (bicyclic) bond motifs is 2. The number of hydrogen-bond acceptors (Lipinski definition) is 6. The maximum absolute atomic E-state index is 11.8. The maximum Gasteiger partial charge on any atom is 0.264 e. The molecule has 1 unspecified atom stereocenters. The van der Waals surface area contributed by atoms with Crippen molar-refractivity contribution in [2.45, 2.75) is 74.6 Å². The van der Waals surface area contributed by atoms with E-state index in [1.54, 1.807) is 18.0 Å². The van der Waals surface area contributed by atoms with E-state index in [-0.39, 0.29) is 12.2 Å². The van der Waals surface area contributed by atoms with Gasteiger partial charge in [-0.2, -0.15) is 8.42 Å². The van der Waals surface area contributed by atoms with Crippen molar-refractivity contribution in [3.8, 4) is 0 Å². The van der Waals surface area contributed by atoms with Crippen LogP contribution < -0.4 is 4.90 Å². The smallest absolute Gasteiger partial charge is 0.264 e. The van der Waals surface area contributed by atoms with Gasteiger partial charge in [0.15, 0.2) is 5.82 Å². The van der Waals surface area contributed by atoms with E-state index in [1.165, 1.54) is 5.56 Å². The molecule has 0 bridgehead atoms. The van der Waals surface area contributed by atoms with Crippen molar-refractivity contribution in [1.29, 1.82) is 0 Å². The van der Waals surface area contributed by atoms with Crippen LogP contribution in [-0.2, 0) is 23.0 Å². The van der Waals surface area contributed by atoms with Crippen molar-refractivity contribution in [2.24, 2.45) is 0 Å². The molecule has 0 aliphatic carbocycles. The van der Waals surface area contributed by atoms with E-state index < -0.39 is 16.2 Å². The van der Waals surface area contributed by atoms with Crippen LogP contribution in [-0.4, -0.2) is 28.7 Å². The van der Waals surface area contributed by atoms with Gasteiger partial charge in [0.05, 0.1) is 23.2 Å². The first-order valence-electron chi connectivity index (χ1n) is 12.4. The SMILES string of the molecule is CCCCc1ccc2c(c1)N(C(CCS(=O)(=O)O)c1nccc(CCCC)n1)c1ccccc1S2. The Labute approximate surface area is 213 Å². The highest BCUT2D eigenvalue weighted by Gasteiger charge is 2.33. The van der Waals surface area contributed by atoms with Gasteiger partial charge in [0.2, 0.25) is 0 Å². The van der Waals surface area contributed by atoms with Crippen molar-refractivity contribution >= 4 is 33.3 Å². The summed E-state index contributed by atoms with van der Waals surface area (Å²) in [5.41, 5.74) is 4.23. The Morgan fingerprint density at radius 2 is 1.71 bits per heavy atom. The largest absolute Gasteiger partial charge is 0.329 e. The van der Waals surface area contributed by atoms with Crippen LogP contribution in [0.3, 0.4) is 0 Å². The molecule has 1 aromatic heterocycles. The van der Waals surface area contributed by atoms with E-state index in [9.17, 15) is 13.0 Å². The number of aromatic nitrogens is 2. The Hall–Kier alpha value is -2.42. The van der Waals surface area contributed by atoms with Crippen molar-refractivity contribution in [3.05, 3.63) is 71.8 Å². The summed E-state index contributed by atoms with van der Waals surface area (Å²) in [5, 5.41) is 0. The number of nitrogens with zero attached hydrogens (tertiary/aromatic N) is 3. The van der Waals surface area contributed by atoms with Crippen LogP contribution in [0.4, 0.5) is 11.4 Å². The fourth-order valence-corrected chi connectivity index (χ4v) is 5.98. The highest BCUT2D eigenvalue weighted by atomic mass is 32.2. The zero-order valence-corrected chi connectivity index (χ0v) is 22.0. The molecule has 0 spiro atoms. The molecule has 3 aromatic rings. The summed E-state index contributed by atoms with van der Waals surface area (Å²) in [4.78, 5) is 13.9. The quantitative estimate of drug-likeness (QED) is 0.284. The molecule has 0 amide bonds. The first kappa shape index (κ1) is 25.7. The number of hydrogen-bond donors (Lipinski definition) is 1. The lowest BCUT2D eigenvalue weighted by atomic mass is 10.0. The van der Waals surface area contributed by atoms with Crippen molar-refractivity contribution in [3.63, 3.8) is 0 Å². The second-order valence-electron chi connectivity index (χ2n) is 8.95. The van der Waals surface area contributed by atoms with Crippen LogP contribution >= 0.6 is 11.8 Å². The molecule has 0 saturated heterocycles. The number of unbranched alkanes of at least 4 members (excludes halogenated alkanes) is 2. The Balaban J connectivity index is 1.84. The van der Waals surface area contributed by atoms with Gasteiger partial charge in [-0.25, -0.2) is 9.97 Å². The topological polar surface area (TPSA) is 83.4 Å². The number of benzene rings is 2. The highest BCUT2D eigenvalue weighted by molar-refractivity contribution is 7.99. The van der Waals surface area contributed by atoms with Crippen LogP contribution in [0.25, 0.3) is 0 Å². The molecule has 1 aliphatic heterocycles. The van der Waals surface area contributed by atoms with E-state index in [1.807, 2.05) is 18.2 Å². The normalized spacial score (nSPS) is 13.9. The predicted octanol–water partition coefficient (Wildman–Crippen LogP) is 6.78. The Morgan fingerprint density at radius 3 is 2.49 bits per heavy atom. The van der Waals surface area contributed by atoms with Gasteiger partial charge in [-0.3, -0.25) is 4.55 Å². The van der Waals surface area contributed by atoms with E-state index >= 15 is 0 Å². The third kappa shape index (κ3) is 6.42. The Kier molecular flexibility index (Phi) is 8.46. The number of anilines is 2. The molecule has 2 heterocycles. The average Bonchev–Trinajstić information content (AvgIpc) is 2.85. The van der Waals surface area contributed by atoms with E-state index in [0.717, 1.165) is 65.4 Å². The van der Waals surface area contributed by atoms with Crippen LogP contribution in [0.1, 0.15) is 69.1 Å². The van der Waals surface area contributed by atoms with Crippen LogP contribution in [0.15, 0.2) is 64.5 Å². The lowest BCUT2D eigenvalue weighted by Gasteiger charge is -2.38. The third-order valence-electron chi connectivity index (χ3n) is 6.22. The van der Waals surface area contributed by atoms with Gasteiger partial charge in [0.25, 0.3) is 10.1 Å². The zero-order valence-electron chi connectivity index (χ0n) is 20.4. The second-order valence-corrected chi connectivity index (χ2v) is 11.6. The number of para-hydroxylation sites is 1. The molecule has 186 valence electrons. The zero-order chi connectivity index (χ0) is 24.8. The van der Waals surface area contributed by atoms with Gasteiger partial charge in [-0.05, 0) is 68.0 Å². The van der Waals surface area contributed by atoms with Gasteiger partial charge in [0, 0.05) is 21.7 Å². The van der Waals surface area contributed by atoms with E-state index in [4.69, 9.17) is 4.98 Å². The monoisotopic (exact) mass is 511 g/mol. The molecule has 0 radical (unpaired) electrons. The molecular weight excluding hydrogens is 478 g/mol. The molecule has 1 atom stereocenters. The summed E-state index contributed by atoms with van der Waals surface area (Å²) in [7, 11) is -4.15. The van der Waals surface area contributed by atoms with Gasteiger partial charge in [-0.15, -0.1) is 0 Å². The summed E-state index contributed by atoms with van der Waals surface area (Å²) in [6, 6.07) is 16.2. The molecule has 35 heavy (non-hydrogen) atoms. The molecule has 0 fully saturated rings. The molecule has 1 aliphatic rings. The molecule has 2 aromatic carbocycles. The summed E-state index contributed by atoms with van der Waals surface area (Å²) >= 11 is 1.72. The summed E-state index contributed by atoms with van der Waals surface area (Å²) < 4.78 is 33.3. The van der Waals surface area contributed by atoms with Gasteiger partial charge in [0.1, 0.15) is 0 Å². The lowest BCUT2D eigenvalue weighted by molar-refractivity contribution is 0.475. The maximum atomic E-state index is 11.8. The van der Waals surface area contributed by atoms with Gasteiger partial charge in [-0.1, -0.05) is 56.7 Å². The standard InChI is InChI=1S/C27H33N3O3S2/c1-3-5-9-20-13-14-26-24(19-20)30(22-11-7-8-12-25(22)34-26)23(16-18-35(31,32)33)27-28-17-15-21(29-27)10-6-4-2/h7-8,11-15,17,19,23H,3-6,9-10,16,18H2,1-2H3,(H,31,32,33). The lowest BCUT2D eigenvalue weighted by Crippen LogP contribution is -2.30. The van der Waals surface area contributed by atoms with Crippen molar-refractivity contribution < 1.29 is 13.0 Å². The molecule has 0 saturated carbocycles. The Morgan fingerprint density at radius 1 is 0.971 bits per heavy atom. The minimum atomic E-state index is -4.15. The summed E-state index contributed by atoms with van der Waals surface area (Å²) in [6.45, 7) is 4.33. The first-order chi connectivity index (χ1) is 16.9. The van der Waals surface area contributed by atoms with E-state index in [2.05, 4.69) is 54.1 Å². The van der Waals surface area contributed by atoms with E-state index in [0.29, 0.717) is 5.82 Å². The minimum absolute atomic E-state index is 0.174. The van der Waals surface area contributed by atoms with Crippen LogP contribution in [0, 0.1) is 0 Å². The summed E-state index contributed by atoms with van der Waals surface area (Å²) in [6.07, 6.45) is 8.09. The summed E-state index contributed by atoms with van der Waals surface area (Å²) in [5.74, 6) is 0.213. The number of aryl methyl sites for hydroxylation is 2. The highest BCUT2D eigenvalue weighted by Crippen LogP contribution is 2.51. The van der Waals surface area contributed by atoms with Crippen LogP contribution in [0.5, 0.6) is 0 Å². The Bertz CT molecular complexity index is 1260. The molecule has 6 nitrogen and oxygen atoms in total. The molecule has 1 N–H and O–H groups in total. The fourth-order valence-electron chi connectivity index (χ4n) is 4.41. The van der Waals surface area contributed by atoms with Gasteiger partial charge < -0.3 is 4.90 Å². The molecule has 8 heteroatoms. The minimum Gasteiger partial charge on any atom is -0.329 e. The van der Waals surface area contributed by atoms with Gasteiger partial charge >= 0.3 is 0 Å². The first-order valence-corrected chi connectivity index (χ1v) is 14.8. The molecule has 4 rings (SSSR count).